The molecule has 1 N–H and O–H groups in total. The zero-order valence-corrected chi connectivity index (χ0v) is 15.7. The van der Waals surface area contributed by atoms with Gasteiger partial charge in [0.15, 0.2) is 0 Å². The highest BCUT2D eigenvalue weighted by molar-refractivity contribution is 8.00. The van der Waals surface area contributed by atoms with Crippen LogP contribution in [0.3, 0.4) is 0 Å². The lowest BCUT2D eigenvalue weighted by Gasteiger charge is -2.34. The summed E-state index contributed by atoms with van der Waals surface area (Å²) >= 11 is 2.22. The molecule has 2 unspecified atom stereocenters. The number of unbranched alkanes of at least 4 members (excludes halogenated alkanes) is 7. The quantitative estimate of drug-likeness (QED) is 0.408. The lowest BCUT2D eigenvalue weighted by molar-refractivity contribution is 0.367. The minimum atomic E-state index is 0.510. The van der Waals surface area contributed by atoms with Crippen molar-refractivity contribution in [1.29, 1.82) is 0 Å². The normalized spacial score (nSPS) is 23.6. The molecule has 1 saturated heterocycles. The first-order chi connectivity index (χ1) is 10.2. The second-order valence-corrected chi connectivity index (χ2v) is 8.66. The van der Waals surface area contributed by atoms with Gasteiger partial charge in [0, 0.05) is 10.8 Å². The van der Waals surface area contributed by atoms with E-state index in [9.17, 15) is 0 Å². The van der Waals surface area contributed by atoms with E-state index in [1.54, 1.807) is 0 Å². The molecule has 21 heavy (non-hydrogen) atoms. The van der Waals surface area contributed by atoms with Gasteiger partial charge in [-0.25, -0.2) is 0 Å². The van der Waals surface area contributed by atoms with Gasteiger partial charge >= 0.3 is 0 Å². The molecule has 0 aromatic rings. The first-order valence-electron chi connectivity index (χ1n) is 9.60. The van der Waals surface area contributed by atoms with Crippen LogP contribution in [0.15, 0.2) is 0 Å². The molecule has 0 radical (unpaired) electrons. The Morgan fingerprint density at radius 2 is 1.62 bits per heavy atom. The lowest BCUT2D eigenvalue weighted by atomic mass is 9.91. The molecule has 0 aliphatic carbocycles. The summed E-state index contributed by atoms with van der Waals surface area (Å²) in [5.74, 6) is 1.37. The molecule has 0 spiro atoms. The van der Waals surface area contributed by atoms with Crippen molar-refractivity contribution in [2.45, 2.75) is 109 Å². The van der Waals surface area contributed by atoms with Crippen LogP contribution in [-0.4, -0.2) is 23.1 Å². The summed E-state index contributed by atoms with van der Waals surface area (Å²) in [6.45, 7) is 8.27. The fourth-order valence-electron chi connectivity index (χ4n) is 3.50. The Hall–Kier alpha value is 0.310. The van der Waals surface area contributed by atoms with E-state index in [1.165, 1.54) is 89.3 Å². The maximum Gasteiger partial charge on any atom is 0.0285 e. The number of hydrogen-bond acceptors (Lipinski definition) is 2. The minimum absolute atomic E-state index is 0.510. The van der Waals surface area contributed by atoms with Crippen molar-refractivity contribution >= 4 is 11.8 Å². The Bertz CT molecular complexity index is 236. The number of nitrogens with one attached hydrogen (secondary N) is 1. The molecule has 2 atom stereocenters. The zero-order valence-electron chi connectivity index (χ0n) is 14.9. The van der Waals surface area contributed by atoms with Gasteiger partial charge in [-0.2, -0.15) is 11.8 Å². The summed E-state index contributed by atoms with van der Waals surface area (Å²) in [6.07, 6.45) is 17.0. The van der Waals surface area contributed by atoms with Gasteiger partial charge in [-0.15, -0.1) is 0 Å². The summed E-state index contributed by atoms with van der Waals surface area (Å²) in [7, 11) is 0. The standard InChI is InChI=1S/C19H39NS/c1-4-6-7-8-9-10-11-12-14-18(20-16-5-2)19(3)15-13-17-21-19/h18,20H,4-17H2,1-3H3. The Balaban J connectivity index is 2.15. The van der Waals surface area contributed by atoms with E-state index >= 15 is 0 Å². The predicted octanol–water partition coefficient (Wildman–Crippen LogP) is 6.17. The largest absolute Gasteiger partial charge is 0.313 e. The third kappa shape index (κ3) is 7.93. The Morgan fingerprint density at radius 1 is 0.952 bits per heavy atom. The molecular formula is C19H39NS. The van der Waals surface area contributed by atoms with E-state index in [0.29, 0.717) is 4.75 Å². The SMILES string of the molecule is CCCCCCCCCCC(NCCC)C1(C)CCCS1. The maximum absolute atomic E-state index is 3.85. The van der Waals surface area contributed by atoms with Crippen molar-refractivity contribution in [2.24, 2.45) is 0 Å². The van der Waals surface area contributed by atoms with Gasteiger partial charge in [0.05, 0.1) is 0 Å². The Labute approximate surface area is 138 Å². The van der Waals surface area contributed by atoms with Crippen LogP contribution < -0.4 is 5.32 Å². The molecule has 0 aromatic heterocycles. The number of thioether (sulfide) groups is 1. The molecule has 0 bridgehead atoms. The van der Waals surface area contributed by atoms with Gasteiger partial charge in [-0.1, -0.05) is 65.2 Å². The van der Waals surface area contributed by atoms with E-state index in [-0.39, 0.29) is 0 Å². The van der Waals surface area contributed by atoms with Crippen molar-refractivity contribution in [2.75, 3.05) is 12.3 Å². The topological polar surface area (TPSA) is 12.0 Å². The van der Waals surface area contributed by atoms with E-state index in [2.05, 4.69) is 37.8 Å². The van der Waals surface area contributed by atoms with Gasteiger partial charge < -0.3 is 5.32 Å². The average molecular weight is 314 g/mol. The van der Waals surface area contributed by atoms with E-state index in [0.717, 1.165) is 6.04 Å². The number of hydrogen-bond donors (Lipinski definition) is 1. The molecule has 0 amide bonds. The molecule has 1 rings (SSSR count). The van der Waals surface area contributed by atoms with Gasteiger partial charge in [0.2, 0.25) is 0 Å². The molecule has 1 heterocycles. The van der Waals surface area contributed by atoms with Crippen LogP contribution in [0.5, 0.6) is 0 Å². The molecule has 0 saturated carbocycles. The maximum atomic E-state index is 3.85. The van der Waals surface area contributed by atoms with Crippen LogP contribution in [0, 0.1) is 0 Å². The zero-order chi connectivity index (χ0) is 15.4. The van der Waals surface area contributed by atoms with Crippen LogP contribution in [0.1, 0.15) is 97.8 Å². The minimum Gasteiger partial charge on any atom is -0.313 e. The molecule has 1 aliphatic heterocycles. The Morgan fingerprint density at radius 3 is 2.19 bits per heavy atom. The van der Waals surface area contributed by atoms with E-state index < -0.39 is 0 Å². The Kier molecular flexibility index (Phi) is 10.9. The highest BCUT2D eigenvalue weighted by Gasteiger charge is 2.36. The average Bonchev–Trinajstić information content (AvgIpc) is 2.92. The first kappa shape index (κ1) is 19.4. The van der Waals surface area contributed by atoms with E-state index in [1.807, 2.05) is 0 Å². The third-order valence-electron chi connectivity index (χ3n) is 4.97. The second-order valence-electron chi connectivity index (χ2n) is 7.03. The summed E-state index contributed by atoms with van der Waals surface area (Å²) in [5.41, 5.74) is 0. The first-order valence-corrected chi connectivity index (χ1v) is 10.6. The van der Waals surface area contributed by atoms with Gasteiger partial charge in [-0.3, -0.25) is 0 Å². The van der Waals surface area contributed by atoms with Crippen molar-refractivity contribution in [3.8, 4) is 0 Å². The fourth-order valence-corrected chi connectivity index (χ4v) is 4.95. The molecule has 0 aromatic carbocycles. The summed E-state index contributed by atoms with van der Waals surface area (Å²) < 4.78 is 0.510. The molecule has 1 aliphatic rings. The fraction of sp³-hybridized carbons (Fsp3) is 1.00. The summed E-state index contributed by atoms with van der Waals surface area (Å²) in [5, 5.41) is 3.85. The molecule has 1 fully saturated rings. The van der Waals surface area contributed by atoms with Crippen molar-refractivity contribution in [3.05, 3.63) is 0 Å². The molecular weight excluding hydrogens is 274 g/mol. The van der Waals surface area contributed by atoms with Crippen LogP contribution in [0.2, 0.25) is 0 Å². The van der Waals surface area contributed by atoms with Crippen molar-refractivity contribution < 1.29 is 0 Å². The molecule has 1 nitrogen and oxygen atoms in total. The smallest absolute Gasteiger partial charge is 0.0285 e. The summed E-state index contributed by atoms with van der Waals surface area (Å²) in [4.78, 5) is 0. The number of rotatable bonds is 13. The van der Waals surface area contributed by atoms with E-state index in [4.69, 9.17) is 0 Å². The monoisotopic (exact) mass is 313 g/mol. The highest BCUT2D eigenvalue weighted by atomic mass is 32.2. The van der Waals surface area contributed by atoms with Gasteiger partial charge in [-0.05, 0) is 44.9 Å². The van der Waals surface area contributed by atoms with Crippen LogP contribution in [0.4, 0.5) is 0 Å². The third-order valence-corrected chi connectivity index (χ3v) is 6.61. The van der Waals surface area contributed by atoms with Gasteiger partial charge in [0.1, 0.15) is 0 Å². The van der Waals surface area contributed by atoms with Crippen LogP contribution in [0.25, 0.3) is 0 Å². The van der Waals surface area contributed by atoms with Crippen molar-refractivity contribution in [1.82, 2.24) is 5.32 Å². The lowest BCUT2D eigenvalue weighted by Crippen LogP contribution is -2.45. The predicted molar refractivity (Wildman–Crippen MR) is 99.4 cm³/mol. The molecule has 2 heteroatoms. The summed E-state index contributed by atoms with van der Waals surface area (Å²) in [6, 6.07) is 0.741. The van der Waals surface area contributed by atoms with Crippen LogP contribution >= 0.6 is 11.8 Å². The second kappa shape index (κ2) is 11.8. The van der Waals surface area contributed by atoms with Crippen molar-refractivity contribution in [3.63, 3.8) is 0 Å². The van der Waals surface area contributed by atoms with Gasteiger partial charge in [0.25, 0.3) is 0 Å². The van der Waals surface area contributed by atoms with Crippen LogP contribution in [-0.2, 0) is 0 Å². The molecule has 126 valence electrons. The highest BCUT2D eigenvalue weighted by Crippen LogP contribution is 2.41.